The van der Waals surface area contributed by atoms with Crippen LogP contribution in [0.1, 0.15) is 0 Å². The Labute approximate surface area is 159 Å². The molecule has 0 bridgehead atoms. The maximum Gasteiger partial charge on any atom is 0.115 e. The molecule has 0 aliphatic heterocycles. The van der Waals surface area contributed by atoms with Crippen molar-refractivity contribution >= 4 is 21.5 Å². The zero-order valence-electron chi connectivity index (χ0n) is 14.9. The summed E-state index contributed by atoms with van der Waals surface area (Å²) in [6.07, 6.45) is 0. The van der Waals surface area contributed by atoms with Gasteiger partial charge in [0.1, 0.15) is 5.75 Å². The topological polar surface area (TPSA) is 20.2 Å². The summed E-state index contributed by atoms with van der Waals surface area (Å²) >= 11 is 0. The summed E-state index contributed by atoms with van der Waals surface area (Å²) in [6.45, 7) is 0. The normalized spacial score (nSPS) is 10.4. The fourth-order valence-corrected chi connectivity index (χ4v) is 3.35. The van der Waals surface area contributed by atoms with E-state index in [1.54, 1.807) is 24.3 Å². The highest BCUT2D eigenvalue weighted by molar-refractivity contribution is 6.05. The van der Waals surface area contributed by atoms with E-state index in [-0.39, 0.29) is 0 Å². The number of fused-ring (bicyclic) bond motifs is 2. The lowest BCUT2D eigenvalue weighted by molar-refractivity contribution is 0.475. The highest BCUT2D eigenvalue weighted by Crippen LogP contribution is 2.33. The second kappa shape index (κ2) is 7.76. The van der Waals surface area contributed by atoms with Crippen LogP contribution in [0.25, 0.3) is 32.7 Å². The molecule has 0 aromatic heterocycles. The van der Waals surface area contributed by atoms with E-state index in [4.69, 9.17) is 5.11 Å². The van der Waals surface area contributed by atoms with E-state index in [1.165, 1.54) is 32.7 Å². The van der Waals surface area contributed by atoms with Gasteiger partial charge in [0.15, 0.2) is 0 Å². The van der Waals surface area contributed by atoms with Crippen LogP contribution in [0.15, 0.2) is 115 Å². The highest BCUT2D eigenvalue weighted by atomic mass is 16.3. The second-order valence-corrected chi connectivity index (χ2v) is 6.39. The molecule has 0 radical (unpaired) electrons. The summed E-state index contributed by atoms with van der Waals surface area (Å²) in [4.78, 5) is 0. The maximum atomic E-state index is 8.63. The van der Waals surface area contributed by atoms with Gasteiger partial charge < -0.3 is 5.11 Å². The van der Waals surface area contributed by atoms with Gasteiger partial charge in [-0.25, -0.2) is 0 Å². The van der Waals surface area contributed by atoms with E-state index >= 15 is 0 Å². The third-order valence-corrected chi connectivity index (χ3v) is 4.63. The van der Waals surface area contributed by atoms with Crippen LogP contribution in [0.3, 0.4) is 0 Å². The molecule has 130 valence electrons. The van der Waals surface area contributed by atoms with Gasteiger partial charge in [0.2, 0.25) is 0 Å². The third kappa shape index (κ3) is 3.68. The summed E-state index contributed by atoms with van der Waals surface area (Å²) < 4.78 is 0. The molecule has 27 heavy (non-hydrogen) atoms. The Morgan fingerprint density at radius 1 is 0.370 bits per heavy atom. The van der Waals surface area contributed by atoms with Gasteiger partial charge in [0.05, 0.1) is 0 Å². The molecule has 5 aromatic carbocycles. The number of rotatable bonds is 1. The monoisotopic (exact) mass is 348 g/mol. The van der Waals surface area contributed by atoms with Gasteiger partial charge in [-0.1, -0.05) is 103 Å². The fraction of sp³-hybridized carbons (Fsp3) is 0. The van der Waals surface area contributed by atoms with E-state index in [9.17, 15) is 0 Å². The summed E-state index contributed by atoms with van der Waals surface area (Å²) in [5, 5.41) is 13.8. The minimum Gasteiger partial charge on any atom is -0.508 e. The summed E-state index contributed by atoms with van der Waals surface area (Å²) in [5.74, 6) is 0.322. The Morgan fingerprint density at radius 2 is 0.778 bits per heavy atom. The van der Waals surface area contributed by atoms with Crippen LogP contribution in [0.4, 0.5) is 0 Å². The number of benzene rings is 5. The van der Waals surface area contributed by atoms with Crippen molar-refractivity contribution in [2.45, 2.75) is 0 Å². The highest BCUT2D eigenvalue weighted by Gasteiger charge is 2.06. The second-order valence-electron chi connectivity index (χ2n) is 6.39. The van der Waals surface area contributed by atoms with Gasteiger partial charge in [-0.3, -0.25) is 0 Å². The molecule has 1 nitrogen and oxygen atoms in total. The smallest absolute Gasteiger partial charge is 0.115 e. The molecule has 0 saturated heterocycles. The first-order valence-corrected chi connectivity index (χ1v) is 9.03. The average Bonchev–Trinajstić information content (AvgIpc) is 2.74. The standard InChI is InChI=1S/C20H14.C6H6O/c1-3-11-17-15(7-1)9-5-13-19(17)20-14-6-10-16-8-2-4-12-18(16)20;7-6-4-2-1-3-5-6/h1-14H;1-5,7H. The molecule has 0 unspecified atom stereocenters. The van der Waals surface area contributed by atoms with Crippen molar-refractivity contribution in [2.24, 2.45) is 0 Å². The molecule has 5 aromatic rings. The molecule has 0 amide bonds. The first-order valence-electron chi connectivity index (χ1n) is 9.03. The van der Waals surface area contributed by atoms with Gasteiger partial charge >= 0.3 is 0 Å². The van der Waals surface area contributed by atoms with Gasteiger partial charge in [-0.2, -0.15) is 0 Å². The number of aromatic hydroxyl groups is 1. The summed E-state index contributed by atoms with van der Waals surface area (Å²) in [6, 6.07) is 38.9. The van der Waals surface area contributed by atoms with E-state index < -0.39 is 0 Å². The van der Waals surface area contributed by atoms with Crippen LogP contribution in [0, 0.1) is 0 Å². The first kappa shape index (κ1) is 16.9. The molecular formula is C26H20O. The van der Waals surface area contributed by atoms with Crippen molar-refractivity contribution in [2.75, 3.05) is 0 Å². The van der Waals surface area contributed by atoms with Crippen molar-refractivity contribution in [3.8, 4) is 16.9 Å². The molecule has 0 aliphatic carbocycles. The van der Waals surface area contributed by atoms with E-state index in [0.29, 0.717) is 5.75 Å². The molecule has 0 atom stereocenters. The molecule has 0 heterocycles. The van der Waals surface area contributed by atoms with E-state index in [0.717, 1.165) is 0 Å². The van der Waals surface area contributed by atoms with Crippen molar-refractivity contribution in [3.63, 3.8) is 0 Å². The quantitative estimate of drug-likeness (QED) is 0.344. The summed E-state index contributed by atoms with van der Waals surface area (Å²) in [7, 11) is 0. The minimum atomic E-state index is 0.322. The Kier molecular flexibility index (Phi) is 4.84. The molecule has 5 rings (SSSR count). The van der Waals surface area contributed by atoms with Crippen molar-refractivity contribution in [3.05, 3.63) is 115 Å². The van der Waals surface area contributed by atoms with Crippen LogP contribution < -0.4 is 0 Å². The number of hydrogen-bond donors (Lipinski definition) is 1. The molecule has 0 aliphatic rings. The minimum absolute atomic E-state index is 0.322. The average molecular weight is 348 g/mol. The van der Waals surface area contributed by atoms with Gasteiger partial charge in [-0.05, 0) is 44.8 Å². The predicted molar refractivity (Wildman–Crippen MR) is 115 cm³/mol. The fourth-order valence-electron chi connectivity index (χ4n) is 3.35. The van der Waals surface area contributed by atoms with E-state index in [1.807, 2.05) is 6.07 Å². The van der Waals surface area contributed by atoms with Crippen molar-refractivity contribution in [1.82, 2.24) is 0 Å². The van der Waals surface area contributed by atoms with Crippen LogP contribution in [-0.4, -0.2) is 5.11 Å². The number of para-hydroxylation sites is 1. The van der Waals surface area contributed by atoms with Crippen LogP contribution in [0.2, 0.25) is 0 Å². The lowest BCUT2D eigenvalue weighted by atomic mass is 9.94. The maximum absolute atomic E-state index is 8.63. The Balaban J connectivity index is 0.000000218. The van der Waals surface area contributed by atoms with Gasteiger partial charge in [0.25, 0.3) is 0 Å². The largest absolute Gasteiger partial charge is 0.508 e. The molecule has 0 saturated carbocycles. The number of phenolic OH excluding ortho intramolecular Hbond substituents is 1. The molecule has 0 spiro atoms. The molecular weight excluding hydrogens is 328 g/mol. The molecule has 1 N–H and O–H groups in total. The van der Waals surface area contributed by atoms with Crippen LogP contribution >= 0.6 is 0 Å². The van der Waals surface area contributed by atoms with Crippen molar-refractivity contribution < 1.29 is 5.11 Å². The number of phenols is 1. The summed E-state index contributed by atoms with van der Waals surface area (Å²) in [5.41, 5.74) is 2.61. The first-order chi connectivity index (χ1) is 13.3. The Bertz CT molecular complexity index is 1090. The van der Waals surface area contributed by atoms with E-state index in [2.05, 4.69) is 84.9 Å². The Morgan fingerprint density at radius 3 is 1.22 bits per heavy atom. The van der Waals surface area contributed by atoms with Crippen molar-refractivity contribution in [1.29, 1.82) is 0 Å². The SMILES string of the molecule is Oc1ccccc1.c1ccc2c(-c3cccc4ccccc34)cccc2c1. The van der Waals surface area contributed by atoms with Crippen LogP contribution in [0.5, 0.6) is 5.75 Å². The zero-order chi connectivity index (χ0) is 18.5. The lowest BCUT2D eigenvalue weighted by Crippen LogP contribution is -1.83. The van der Waals surface area contributed by atoms with Gasteiger partial charge in [0, 0.05) is 0 Å². The predicted octanol–water partition coefficient (Wildman–Crippen LogP) is 7.05. The lowest BCUT2D eigenvalue weighted by Gasteiger charge is -2.10. The van der Waals surface area contributed by atoms with Crippen LogP contribution in [-0.2, 0) is 0 Å². The Hall–Kier alpha value is -3.58. The number of hydrogen-bond acceptors (Lipinski definition) is 1. The third-order valence-electron chi connectivity index (χ3n) is 4.63. The molecule has 1 heteroatoms. The van der Waals surface area contributed by atoms with Gasteiger partial charge in [-0.15, -0.1) is 0 Å². The zero-order valence-corrected chi connectivity index (χ0v) is 14.9. The molecule has 0 fully saturated rings.